The normalized spacial score (nSPS) is 11.5. The van der Waals surface area contributed by atoms with Crippen LogP contribution < -0.4 is 10.1 Å². The number of carbonyl (C=O) groups is 1. The summed E-state index contributed by atoms with van der Waals surface area (Å²) >= 11 is 0. The van der Waals surface area contributed by atoms with E-state index in [9.17, 15) is 22.4 Å². The second-order valence-corrected chi connectivity index (χ2v) is 3.69. The Hall–Kier alpha value is -1.79. The highest BCUT2D eigenvalue weighted by atomic mass is 19.3. The van der Waals surface area contributed by atoms with E-state index < -0.39 is 18.3 Å². The summed E-state index contributed by atoms with van der Waals surface area (Å²) in [6, 6.07) is 6.36. The molecule has 1 aromatic carbocycles. The standard InChI is InChI=1S/C12H13F4NO2/c1-2-19-9-5-3-4-8(6-9)7-17-11(18)12(15,16)10(13)14/h3-6,10H,2,7H2,1H3,(H,17,18). The van der Waals surface area contributed by atoms with Gasteiger partial charge in [-0.1, -0.05) is 12.1 Å². The van der Waals surface area contributed by atoms with Crippen molar-refractivity contribution < 1.29 is 27.1 Å². The summed E-state index contributed by atoms with van der Waals surface area (Å²) in [5.41, 5.74) is 0.476. The first-order valence-electron chi connectivity index (χ1n) is 5.54. The third kappa shape index (κ3) is 4.11. The summed E-state index contributed by atoms with van der Waals surface area (Å²) in [5, 5.41) is 1.77. The molecule has 0 aliphatic rings. The maximum absolute atomic E-state index is 12.7. The number of amides is 1. The largest absolute Gasteiger partial charge is 0.494 e. The van der Waals surface area contributed by atoms with Crippen molar-refractivity contribution in [2.45, 2.75) is 25.8 Å². The Morgan fingerprint density at radius 3 is 2.68 bits per heavy atom. The highest BCUT2D eigenvalue weighted by Gasteiger charge is 2.48. The quantitative estimate of drug-likeness (QED) is 0.813. The average Bonchev–Trinajstić information content (AvgIpc) is 2.36. The molecule has 0 saturated heterocycles. The molecule has 7 heteroatoms. The van der Waals surface area contributed by atoms with Crippen molar-refractivity contribution in [3.05, 3.63) is 29.8 Å². The maximum atomic E-state index is 12.7. The lowest BCUT2D eigenvalue weighted by molar-refractivity contribution is -0.169. The molecule has 0 bridgehead atoms. The van der Waals surface area contributed by atoms with E-state index in [4.69, 9.17) is 4.74 Å². The predicted octanol–water partition coefficient (Wildman–Crippen LogP) is 2.60. The minimum atomic E-state index is -4.68. The van der Waals surface area contributed by atoms with Gasteiger partial charge in [-0.2, -0.15) is 8.78 Å². The van der Waals surface area contributed by atoms with Crippen molar-refractivity contribution in [1.29, 1.82) is 0 Å². The van der Waals surface area contributed by atoms with Gasteiger partial charge in [0.15, 0.2) is 0 Å². The number of hydrogen-bond acceptors (Lipinski definition) is 2. The van der Waals surface area contributed by atoms with Crippen molar-refractivity contribution in [3.63, 3.8) is 0 Å². The average molecular weight is 279 g/mol. The fraction of sp³-hybridized carbons (Fsp3) is 0.417. The molecule has 0 fully saturated rings. The van der Waals surface area contributed by atoms with Gasteiger partial charge in [0.25, 0.3) is 5.91 Å². The Morgan fingerprint density at radius 2 is 2.11 bits per heavy atom. The van der Waals surface area contributed by atoms with Crippen LogP contribution in [0.4, 0.5) is 17.6 Å². The van der Waals surface area contributed by atoms with Crippen LogP contribution in [0.15, 0.2) is 24.3 Å². The lowest BCUT2D eigenvalue weighted by Gasteiger charge is -2.15. The van der Waals surface area contributed by atoms with E-state index in [0.717, 1.165) is 0 Å². The van der Waals surface area contributed by atoms with Gasteiger partial charge in [0.1, 0.15) is 5.75 Å². The van der Waals surface area contributed by atoms with Crippen LogP contribution in [0.3, 0.4) is 0 Å². The number of nitrogens with one attached hydrogen (secondary N) is 1. The van der Waals surface area contributed by atoms with E-state index in [1.807, 2.05) is 0 Å². The topological polar surface area (TPSA) is 38.3 Å². The Morgan fingerprint density at radius 1 is 1.42 bits per heavy atom. The first-order chi connectivity index (χ1) is 8.87. The number of rotatable bonds is 6. The van der Waals surface area contributed by atoms with Crippen molar-refractivity contribution in [3.8, 4) is 5.75 Å². The van der Waals surface area contributed by atoms with Gasteiger partial charge in [0.2, 0.25) is 0 Å². The minimum absolute atomic E-state index is 0.276. The Balaban J connectivity index is 2.62. The fourth-order valence-corrected chi connectivity index (χ4v) is 1.31. The van der Waals surface area contributed by atoms with Crippen LogP contribution >= 0.6 is 0 Å². The van der Waals surface area contributed by atoms with E-state index in [-0.39, 0.29) is 6.54 Å². The summed E-state index contributed by atoms with van der Waals surface area (Å²) in [6.45, 7) is 1.93. The van der Waals surface area contributed by atoms with Crippen LogP contribution in [0.1, 0.15) is 12.5 Å². The van der Waals surface area contributed by atoms with E-state index in [1.54, 1.807) is 30.4 Å². The highest BCUT2D eigenvalue weighted by molar-refractivity contribution is 5.83. The maximum Gasteiger partial charge on any atom is 0.383 e. The molecule has 0 aliphatic carbocycles. The third-order valence-electron chi connectivity index (χ3n) is 2.24. The molecule has 0 saturated carbocycles. The molecular formula is C12H13F4NO2. The monoisotopic (exact) mass is 279 g/mol. The minimum Gasteiger partial charge on any atom is -0.494 e. The predicted molar refractivity (Wildman–Crippen MR) is 60.4 cm³/mol. The van der Waals surface area contributed by atoms with Gasteiger partial charge in [0, 0.05) is 6.54 Å². The van der Waals surface area contributed by atoms with E-state index in [0.29, 0.717) is 17.9 Å². The summed E-state index contributed by atoms with van der Waals surface area (Å²) in [5.74, 6) is -6.17. The highest BCUT2D eigenvalue weighted by Crippen LogP contribution is 2.23. The molecule has 0 spiro atoms. The van der Waals surface area contributed by atoms with Crippen molar-refractivity contribution in [2.75, 3.05) is 6.61 Å². The molecule has 0 unspecified atom stereocenters. The Kier molecular flexibility index (Phi) is 5.14. The second-order valence-electron chi connectivity index (χ2n) is 3.69. The van der Waals surface area contributed by atoms with Gasteiger partial charge < -0.3 is 10.1 Å². The second kappa shape index (κ2) is 6.40. The van der Waals surface area contributed by atoms with Gasteiger partial charge in [-0.05, 0) is 24.6 Å². The van der Waals surface area contributed by atoms with E-state index in [1.165, 1.54) is 6.07 Å². The van der Waals surface area contributed by atoms with Gasteiger partial charge in [0.05, 0.1) is 6.61 Å². The smallest absolute Gasteiger partial charge is 0.383 e. The van der Waals surface area contributed by atoms with Crippen LogP contribution in [-0.2, 0) is 11.3 Å². The molecule has 1 amide bonds. The molecule has 106 valence electrons. The number of hydrogen-bond donors (Lipinski definition) is 1. The Bertz CT molecular complexity index is 437. The molecule has 1 N–H and O–H groups in total. The molecule has 19 heavy (non-hydrogen) atoms. The summed E-state index contributed by atoms with van der Waals surface area (Å²) in [6.07, 6.45) is -4.03. The van der Waals surface area contributed by atoms with Crippen molar-refractivity contribution in [2.24, 2.45) is 0 Å². The van der Waals surface area contributed by atoms with Crippen LogP contribution in [0, 0.1) is 0 Å². The molecule has 0 heterocycles. The molecular weight excluding hydrogens is 266 g/mol. The van der Waals surface area contributed by atoms with Gasteiger partial charge in [-0.3, -0.25) is 4.79 Å². The van der Waals surface area contributed by atoms with Crippen molar-refractivity contribution >= 4 is 5.91 Å². The van der Waals surface area contributed by atoms with Gasteiger partial charge >= 0.3 is 12.3 Å². The zero-order valence-corrected chi connectivity index (χ0v) is 10.1. The van der Waals surface area contributed by atoms with Crippen LogP contribution in [-0.4, -0.2) is 24.9 Å². The molecule has 0 atom stereocenters. The molecule has 0 radical (unpaired) electrons. The summed E-state index contributed by atoms with van der Waals surface area (Å²) < 4.78 is 54.3. The number of benzene rings is 1. The Labute approximate surface area is 107 Å². The fourth-order valence-electron chi connectivity index (χ4n) is 1.31. The third-order valence-corrected chi connectivity index (χ3v) is 2.24. The molecule has 1 aromatic rings. The van der Waals surface area contributed by atoms with Gasteiger partial charge in [-0.15, -0.1) is 0 Å². The van der Waals surface area contributed by atoms with Gasteiger partial charge in [-0.25, -0.2) is 8.78 Å². The number of alkyl halides is 4. The van der Waals surface area contributed by atoms with Crippen LogP contribution in [0.5, 0.6) is 5.75 Å². The zero-order chi connectivity index (χ0) is 14.5. The molecule has 0 aliphatic heterocycles. The number of carbonyl (C=O) groups excluding carboxylic acids is 1. The van der Waals surface area contributed by atoms with E-state index in [2.05, 4.69) is 0 Å². The zero-order valence-electron chi connectivity index (χ0n) is 10.1. The van der Waals surface area contributed by atoms with Crippen LogP contribution in [0.2, 0.25) is 0 Å². The lowest BCUT2D eigenvalue weighted by Crippen LogP contribution is -2.44. The molecule has 1 rings (SSSR count). The molecule has 3 nitrogen and oxygen atoms in total. The number of halogens is 4. The van der Waals surface area contributed by atoms with E-state index >= 15 is 0 Å². The molecule has 0 aromatic heterocycles. The van der Waals surface area contributed by atoms with Crippen LogP contribution in [0.25, 0.3) is 0 Å². The van der Waals surface area contributed by atoms with Crippen molar-refractivity contribution in [1.82, 2.24) is 5.32 Å². The first-order valence-corrected chi connectivity index (χ1v) is 5.54. The SMILES string of the molecule is CCOc1cccc(CNC(=O)C(F)(F)C(F)F)c1. The number of ether oxygens (including phenoxy) is 1. The summed E-state index contributed by atoms with van der Waals surface area (Å²) in [7, 11) is 0. The summed E-state index contributed by atoms with van der Waals surface area (Å²) in [4.78, 5) is 10.9. The lowest BCUT2D eigenvalue weighted by atomic mass is 10.2. The first kappa shape index (κ1) is 15.3.